The van der Waals surface area contributed by atoms with Gasteiger partial charge in [0, 0.05) is 19.8 Å². The van der Waals surface area contributed by atoms with Crippen LogP contribution in [-0.2, 0) is 29.4 Å². The first-order valence-corrected chi connectivity index (χ1v) is 8.45. The number of amides is 1. The number of sulfonamides is 1. The topological polar surface area (TPSA) is 80.2 Å². The van der Waals surface area contributed by atoms with Crippen molar-refractivity contribution < 1.29 is 13.2 Å². The first kappa shape index (κ1) is 16.3. The number of rotatable bonds is 6. The van der Waals surface area contributed by atoms with Crippen molar-refractivity contribution in [2.24, 2.45) is 7.05 Å². The molecular weight excluding hydrogens is 302 g/mol. The molecule has 0 saturated carbocycles. The van der Waals surface area contributed by atoms with E-state index in [0.717, 1.165) is 5.56 Å². The number of carbonyl (C=O) groups excluding carboxylic acids is 1. The molecule has 0 unspecified atom stereocenters. The molecule has 0 atom stereocenters. The predicted molar refractivity (Wildman–Crippen MR) is 84.7 cm³/mol. The van der Waals surface area contributed by atoms with Crippen LogP contribution in [0.4, 0.5) is 0 Å². The predicted octanol–water partition coefficient (Wildman–Crippen LogP) is 1.00. The van der Waals surface area contributed by atoms with Gasteiger partial charge < -0.3 is 9.88 Å². The fraction of sp³-hybridized carbons (Fsp3) is 0.267. The van der Waals surface area contributed by atoms with E-state index in [1.54, 1.807) is 22.8 Å². The van der Waals surface area contributed by atoms with Gasteiger partial charge in [-0.15, -0.1) is 0 Å². The van der Waals surface area contributed by atoms with Crippen molar-refractivity contribution in [3.05, 3.63) is 59.4 Å². The number of hydrogen-bond donors (Lipinski definition) is 2. The highest BCUT2D eigenvalue weighted by atomic mass is 32.2. The maximum absolute atomic E-state index is 12.0. The Bertz CT molecular complexity index is 749. The van der Waals surface area contributed by atoms with Crippen LogP contribution in [0.25, 0.3) is 0 Å². The molecule has 0 aliphatic heterocycles. The molecule has 0 radical (unpaired) electrons. The van der Waals surface area contributed by atoms with Gasteiger partial charge in [0.15, 0.2) is 0 Å². The largest absolute Gasteiger partial charge is 0.347 e. The Labute approximate surface area is 130 Å². The molecule has 1 aromatic carbocycles. The Hall–Kier alpha value is -2.12. The normalized spacial score (nSPS) is 11.4. The van der Waals surface area contributed by atoms with Crippen molar-refractivity contribution in [2.75, 3.05) is 7.05 Å². The molecule has 22 heavy (non-hydrogen) atoms. The second-order valence-corrected chi connectivity index (χ2v) is 6.89. The Morgan fingerprint density at radius 1 is 1.14 bits per heavy atom. The number of aromatic nitrogens is 1. The number of nitrogens with one attached hydrogen (secondary N) is 2. The van der Waals surface area contributed by atoms with Crippen molar-refractivity contribution in [1.82, 2.24) is 14.6 Å². The molecule has 2 rings (SSSR count). The lowest BCUT2D eigenvalue weighted by molar-refractivity contribution is 0.0943. The Balaban J connectivity index is 1.95. The van der Waals surface area contributed by atoms with E-state index in [9.17, 15) is 13.2 Å². The number of carbonyl (C=O) groups is 1. The van der Waals surface area contributed by atoms with Gasteiger partial charge in [-0.2, -0.15) is 0 Å². The van der Waals surface area contributed by atoms with Crippen molar-refractivity contribution >= 4 is 15.9 Å². The van der Waals surface area contributed by atoms with Crippen LogP contribution in [0.2, 0.25) is 0 Å². The van der Waals surface area contributed by atoms with Crippen molar-refractivity contribution in [1.29, 1.82) is 0 Å². The summed E-state index contributed by atoms with van der Waals surface area (Å²) in [5, 5.41) is 2.83. The van der Waals surface area contributed by atoms with Gasteiger partial charge in [-0.05, 0) is 30.3 Å². The summed E-state index contributed by atoms with van der Waals surface area (Å²) in [5.41, 5.74) is 2.21. The van der Waals surface area contributed by atoms with Crippen LogP contribution >= 0.6 is 0 Å². The monoisotopic (exact) mass is 321 g/mol. The average molecular weight is 321 g/mol. The summed E-state index contributed by atoms with van der Waals surface area (Å²) in [6.07, 6.45) is 1.81. The van der Waals surface area contributed by atoms with Crippen LogP contribution in [0.5, 0.6) is 0 Å². The van der Waals surface area contributed by atoms with Crippen LogP contribution in [0.3, 0.4) is 0 Å². The van der Waals surface area contributed by atoms with Crippen molar-refractivity contribution in [2.45, 2.75) is 12.3 Å². The fourth-order valence-corrected chi connectivity index (χ4v) is 2.79. The number of hydrogen-bond acceptors (Lipinski definition) is 3. The quantitative estimate of drug-likeness (QED) is 0.833. The number of benzene rings is 1. The Kier molecular flexibility index (Phi) is 4.99. The highest BCUT2D eigenvalue weighted by molar-refractivity contribution is 7.88. The van der Waals surface area contributed by atoms with Crippen LogP contribution in [0.1, 0.15) is 21.6 Å². The van der Waals surface area contributed by atoms with Gasteiger partial charge >= 0.3 is 0 Å². The zero-order valence-corrected chi connectivity index (χ0v) is 13.4. The average Bonchev–Trinajstić information content (AvgIpc) is 2.92. The zero-order valence-electron chi connectivity index (χ0n) is 12.5. The molecule has 7 heteroatoms. The van der Waals surface area contributed by atoms with Gasteiger partial charge in [0.1, 0.15) is 5.69 Å². The van der Waals surface area contributed by atoms with Gasteiger partial charge in [0.25, 0.3) is 5.91 Å². The molecule has 0 bridgehead atoms. The summed E-state index contributed by atoms with van der Waals surface area (Å²) < 4.78 is 27.0. The van der Waals surface area contributed by atoms with E-state index >= 15 is 0 Å². The molecule has 0 spiro atoms. The minimum absolute atomic E-state index is 0.0561. The lowest BCUT2D eigenvalue weighted by Gasteiger charge is -2.07. The molecule has 0 fully saturated rings. The summed E-state index contributed by atoms with van der Waals surface area (Å²) in [6.45, 7) is 0.392. The fourth-order valence-electron chi connectivity index (χ4n) is 2.01. The molecule has 1 heterocycles. The highest BCUT2D eigenvalue weighted by Gasteiger charge is 2.10. The first-order chi connectivity index (χ1) is 10.4. The van der Waals surface area contributed by atoms with Crippen LogP contribution < -0.4 is 10.0 Å². The van der Waals surface area contributed by atoms with E-state index in [2.05, 4.69) is 10.0 Å². The molecule has 2 N–H and O–H groups in total. The molecule has 6 nitrogen and oxygen atoms in total. The summed E-state index contributed by atoms with van der Waals surface area (Å²) in [5.74, 6) is -0.200. The van der Waals surface area contributed by atoms with E-state index < -0.39 is 10.0 Å². The highest BCUT2D eigenvalue weighted by Crippen LogP contribution is 2.08. The number of aryl methyl sites for hydroxylation is 1. The number of nitrogens with zero attached hydrogens (tertiary/aromatic N) is 1. The zero-order chi connectivity index (χ0) is 16.2. The third-order valence-corrected chi connectivity index (χ3v) is 4.66. The molecule has 2 aromatic rings. The minimum Gasteiger partial charge on any atom is -0.347 e. The second kappa shape index (κ2) is 6.76. The molecule has 0 saturated heterocycles. The first-order valence-electron chi connectivity index (χ1n) is 6.80. The molecule has 0 aliphatic rings. The van der Waals surface area contributed by atoms with Gasteiger partial charge in [-0.3, -0.25) is 4.79 Å². The Morgan fingerprint density at radius 3 is 2.32 bits per heavy atom. The van der Waals surface area contributed by atoms with Crippen LogP contribution in [0.15, 0.2) is 42.6 Å². The molecular formula is C15H19N3O3S. The minimum atomic E-state index is -3.27. The molecule has 1 aromatic heterocycles. The van der Waals surface area contributed by atoms with Gasteiger partial charge in [0.05, 0.1) is 5.75 Å². The summed E-state index contributed by atoms with van der Waals surface area (Å²) in [7, 11) is -0.0649. The lowest BCUT2D eigenvalue weighted by atomic mass is 10.1. The lowest BCUT2D eigenvalue weighted by Crippen LogP contribution is -2.24. The van der Waals surface area contributed by atoms with E-state index in [0.29, 0.717) is 17.8 Å². The van der Waals surface area contributed by atoms with Crippen molar-refractivity contribution in [3.8, 4) is 0 Å². The van der Waals surface area contributed by atoms with Gasteiger partial charge in [0.2, 0.25) is 10.0 Å². The van der Waals surface area contributed by atoms with Crippen LogP contribution in [-0.4, -0.2) is 25.9 Å². The summed E-state index contributed by atoms with van der Waals surface area (Å²) in [6, 6.07) is 10.7. The molecule has 0 aliphatic carbocycles. The van der Waals surface area contributed by atoms with E-state index in [4.69, 9.17) is 0 Å². The standard InChI is InChI=1S/C15H19N3O3S/c1-16-22(20,21)11-13-7-5-12(6-8-13)10-17-15(19)14-4-3-9-18(14)2/h3-9,16H,10-11H2,1-2H3,(H,17,19). The van der Waals surface area contributed by atoms with E-state index in [-0.39, 0.29) is 11.7 Å². The third-order valence-electron chi connectivity index (χ3n) is 3.32. The van der Waals surface area contributed by atoms with Crippen molar-refractivity contribution in [3.63, 3.8) is 0 Å². The molecule has 1 amide bonds. The Morgan fingerprint density at radius 2 is 1.77 bits per heavy atom. The third kappa shape index (κ3) is 4.19. The second-order valence-electron chi connectivity index (χ2n) is 4.97. The van der Waals surface area contributed by atoms with E-state index in [1.807, 2.05) is 31.4 Å². The maximum Gasteiger partial charge on any atom is 0.268 e. The maximum atomic E-state index is 12.0. The smallest absolute Gasteiger partial charge is 0.268 e. The van der Waals surface area contributed by atoms with Crippen LogP contribution in [0, 0.1) is 0 Å². The summed E-state index contributed by atoms with van der Waals surface area (Å²) in [4.78, 5) is 12.0. The van der Waals surface area contributed by atoms with Gasteiger partial charge in [-0.25, -0.2) is 13.1 Å². The summed E-state index contributed by atoms with van der Waals surface area (Å²) >= 11 is 0. The molecule has 118 valence electrons. The van der Waals surface area contributed by atoms with Gasteiger partial charge in [-0.1, -0.05) is 24.3 Å². The SMILES string of the molecule is CNS(=O)(=O)Cc1ccc(CNC(=O)c2cccn2C)cc1. The van der Waals surface area contributed by atoms with E-state index in [1.165, 1.54) is 7.05 Å².